The molecule has 6 heteroatoms. The zero-order valence-corrected chi connectivity index (χ0v) is 9.45. The Morgan fingerprint density at radius 2 is 2.38 bits per heavy atom. The molecule has 1 rings (SSSR count). The van der Waals surface area contributed by atoms with Crippen molar-refractivity contribution in [1.29, 1.82) is 0 Å². The second-order valence-corrected chi connectivity index (χ2v) is 3.51. The van der Waals surface area contributed by atoms with Crippen molar-refractivity contribution in [3.8, 4) is 0 Å². The van der Waals surface area contributed by atoms with Gasteiger partial charge in [0.2, 0.25) is 5.91 Å². The molecular formula is C10H18N2O4. The van der Waals surface area contributed by atoms with Crippen LogP contribution in [-0.4, -0.2) is 50.8 Å². The summed E-state index contributed by atoms with van der Waals surface area (Å²) in [7, 11) is 0. The van der Waals surface area contributed by atoms with Crippen molar-refractivity contribution in [2.45, 2.75) is 19.4 Å². The Balaban J connectivity index is 2.12. The molecule has 0 aromatic rings. The Hall–Kier alpha value is -1.14. The lowest BCUT2D eigenvalue weighted by Gasteiger charge is -2.23. The van der Waals surface area contributed by atoms with Gasteiger partial charge in [-0.3, -0.25) is 9.59 Å². The van der Waals surface area contributed by atoms with Crippen LogP contribution in [-0.2, 0) is 19.1 Å². The molecule has 0 aromatic heterocycles. The molecule has 1 unspecified atom stereocenters. The third-order valence-electron chi connectivity index (χ3n) is 2.17. The van der Waals surface area contributed by atoms with E-state index < -0.39 is 5.97 Å². The molecule has 1 aliphatic heterocycles. The summed E-state index contributed by atoms with van der Waals surface area (Å²) >= 11 is 0. The van der Waals surface area contributed by atoms with Crippen molar-refractivity contribution >= 4 is 11.9 Å². The molecule has 0 aliphatic carbocycles. The van der Waals surface area contributed by atoms with Crippen LogP contribution in [0.25, 0.3) is 0 Å². The number of rotatable bonds is 5. The monoisotopic (exact) mass is 230 g/mol. The summed E-state index contributed by atoms with van der Waals surface area (Å²) in [6.45, 7) is 3.96. The summed E-state index contributed by atoms with van der Waals surface area (Å²) in [5.41, 5.74) is 0. The Labute approximate surface area is 94.7 Å². The molecule has 1 atom stereocenters. The van der Waals surface area contributed by atoms with Crippen LogP contribution in [0.5, 0.6) is 0 Å². The summed E-state index contributed by atoms with van der Waals surface area (Å²) < 4.78 is 9.90. The fourth-order valence-electron chi connectivity index (χ4n) is 1.43. The maximum atomic E-state index is 11.4. The molecule has 0 saturated carbocycles. The van der Waals surface area contributed by atoms with Crippen molar-refractivity contribution in [2.75, 3.05) is 32.9 Å². The van der Waals surface area contributed by atoms with Gasteiger partial charge < -0.3 is 20.1 Å². The molecule has 1 amide bonds. The summed E-state index contributed by atoms with van der Waals surface area (Å²) in [5.74, 6) is -0.584. The van der Waals surface area contributed by atoms with Gasteiger partial charge in [-0.1, -0.05) is 0 Å². The summed E-state index contributed by atoms with van der Waals surface area (Å²) in [6.07, 6.45) is 0.319. The second-order valence-electron chi connectivity index (χ2n) is 3.51. The summed E-state index contributed by atoms with van der Waals surface area (Å²) in [4.78, 5) is 22.4. The third-order valence-corrected chi connectivity index (χ3v) is 2.17. The lowest BCUT2D eigenvalue weighted by Crippen LogP contribution is -2.44. The highest BCUT2D eigenvalue weighted by molar-refractivity contribution is 5.82. The van der Waals surface area contributed by atoms with Gasteiger partial charge in [-0.05, 0) is 6.92 Å². The van der Waals surface area contributed by atoms with Gasteiger partial charge >= 0.3 is 5.97 Å². The number of morpholine rings is 1. The largest absolute Gasteiger partial charge is 0.465 e. The van der Waals surface area contributed by atoms with Gasteiger partial charge in [0.25, 0.3) is 0 Å². The highest BCUT2D eigenvalue weighted by atomic mass is 16.5. The van der Waals surface area contributed by atoms with E-state index in [1.165, 1.54) is 0 Å². The number of esters is 1. The van der Waals surface area contributed by atoms with Crippen LogP contribution in [0.3, 0.4) is 0 Å². The molecule has 0 aromatic carbocycles. The molecule has 16 heavy (non-hydrogen) atoms. The molecule has 1 aliphatic rings. The smallest absolute Gasteiger partial charge is 0.325 e. The number of amides is 1. The number of hydrogen-bond donors (Lipinski definition) is 2. The van der Waals surface area contributed by atoms with Crippen LogP contribution in [0.1, 0.15) is 13.3 Å². The average molecular weight is 230 g/mol. The molecular weight excluding hydrogens is 212 g/mol. The Morgan fingerprint density at radius 3 is 3.00 bits per heavy atom. The number of carbonyl (C=O) groups is 2. The van der Waals surface area contributed by atoms with E-state index in [0.717, 1.165) is 6.54 Å². The van der Waals surface area contributed by atoms with Gasteiger partial charge in [-0.2, -0.15) is 0 Å². The van der Waals surface area contributed by atoms with E-state index in [1.807, 2.05) is 0 Å². The van der Waals surface area contributed by atoms with Crippen molar-refractivity contribution in [3.63, 3.8) is 0 Å². The van der Waals surface area contributed by atoms with E-state index >= 15 is 0 Å². The van der Waals surface area contributed by atoms with Gasteiger partial charge in [-0.15, -0.1) is 0 Å². The molecule has 0 bridgehead atoms. The standard InChI is InChI=1S/C10H18N2O4/c1-2-16-10(14)6-12-9(13)5-8-7-15-4-3-11-8/h8,11H,2-7H2,1H3,(H,12,13). The van der Waals surface area contributed by atoms with Crippen LogP contribution in [0, 0.1) is 0 Å². The van der Waals surface area contributed by atoms with E-state index in [1.54, 1.807) is 6.92 Å². The number of ether oxygens (including phenoxy) is 2. The van der Waals surface area contributed by atoms with Gasteiger partial charge in [0.15, 0.2) is 0 Å². The van der Waals surface area contributed by atoms with Crippen LogP contribution in [0.2, 0.25) is 0 Å². The van der Waals surface area contributed by atoms with E-state index in [9.17, 15) is 9.59 Å². The fourth-order valence-corrected chi connectivity index (χ4v) is 1.43. The Kier molecular flexibility index (Phi) is 5.81. The fraction of sp³-hybridized carbons (Fsp3) is 0.800. The first kappa shape index (κ1) is 12.9. The van der Waals surface area contributed by atoms with Gasteiger partial charge in [-0.25, -0.2) is 0 Å². The molecule has 0 spiro atoms. The SMILES string of the molecule is CCOC(=O)CNC(=O)CC1COCCN1. The molecule has 1 heterocycles. The lowest BCUT2D eigenvalue weighted by atomic mass is 10.2. The minimum absolute atomic E-state index is 0.0379. The molecule has 92 valence electrons. The van der Waals surface area contributed by atoms with Crippen LogP contribution >= 0.6 is 0 Å². The Bertz CT molecular complexity index is 239. The lowest BCUT2D eigenvalue weighted by molar-refractivity contribution is -0.143. The first-order valence-electron chi connectivity index (χ1n) is 5.45. The minimum Gasteiger partial charge on any atom is -0.465 e. The highest BCUT2D eigenvalue weighted by Gasteiger charge is 2.17. The predicted molar refractivity (Wildman–Crippen MR) is 56.9 cm³/mol. The molecule has 0 radical (unpaired) electrons. The molecule has 2 N–H and O–H groups in total. The van der Waals surface area contributed by atoms with Crippen molar-refractivity contribution in [2.24, 2.45) is 0 Å². The maximum absolute atomic E-state index is 11.4. The topological polar surface area (TPSA) is 76.7 Å². The number of nitrogens with one attached hydrogen (secondary N) is 2. The normalized spacial score (nSPS) is 20.2. The third kappa shape index (κ3) is 5.09. The summed E-state index contributed by atoms with van der Waals surface area (Å²) in [5, 5.41) is 5.67. The van der Waals surface area contributed by atoms with Gasteiger partial charge in [0.1, 0.15) is 6.54 Å². The highest BCUT2D eigenvalue weighted by Crippen LogP contribution is 1.97. The number of carbonyl (C=O) groups excluding carboxylic acids is 2. The van der Waals surface area contributed by atoms with Gasteiger partial charge in [0.05, 0.1) is 19.8 Å². The van der Waals surface area contributed by atoms with Crippen molar-refractivity contribution in [1.82, 2.24) is 10.6 Å². The predicted octanol–water partition coefficient (Wildman–Crippen LogP) is -0.956. The van der Waals surface area contributed by atoms with Crippen LogP contribution in [0.4, 0.5) is 0 Å². The maximum Gasteiger partial charge on any atom is 0.325 e. The Morgan fingerprint density at radius 1 is 1.56 bits per heavy atom. The number of hydrogen-bond acceptors (Lipinski definition) is 5. The zero-order valence-electron chi connectivity index (χ0n) is 9.45. The first-order chi connectivity index (χ1) is 7.72. The molecule has 6 nitrogen and oxygen atoms in total. The average Bonchev–Trinajstić information content (AvgIpc) is 2.28. The summed E-state index contributed by atoms with van der Waals surface area (Å²) in [6, 6.07) is 0.0379. The van der Waals surface area contributed by atoms with Crippen LogP contribution in [0.15, 0.2) is 0 Å². The van der Waals surface area contributed by atoms with E-state index in [4.69, 9.17) is 4.74 Å². The van der Waals surface area contributed by atoms with E-state index in [2.05, 4.69) is 15.4 Å². The second kappa shape index (κ2) is 7.19. The van der Waals surface area contributed by atoms with E-state index in [0.29, 0.717) is 26.2 Å². The molecule has 1 saturated heterocycles. The quantitative estimate of drug-likeness (QED) is 0.595. The molecule has 1 fully saturated rings. The first-order valence-corrected chi connectivity index (χ1v) is 5.45. The minimum atomic E-state index is -0.413. The zero-order chi connectivity index (χ0) is 11.8. The van der Waals surface area contributed by atoms with E-state index in [-0.39, 0.29) is 18.5 Å². The van der Waals surface area contributed by atoms with Gasteiger partial charge in [0, 0.05) is 19.0 Å². The van der Waals surface area contributed by atoms with Crippen LogP contribution < -0.4 is 10.6 Å². The van der Waals surface area contributed by atoms with Crippen molar-refractivity contribution < 1.29 is 19.1 Å². The van der Waals surface area contributed by atoms with Crippen molar-refractivity contribution in [3.05, 3.63) is 0 Å².